The molecule has 2 unspecified atom stereocenters. The van der Waals surface area contributed by atoms with Crippen molar-refractivity contribution in [3.8, 4) is 0 Å². The molecule has 112 valence electrons. The molecule has 0 aliphatic heterocycles. The first-order valence-electron chi connectivity index (χ1n) is 7.01. The van der Waals surface area contributed by atoms with Crippen molar-refractivity contribution in [1.29, 1.82) is 0 Å². The van der Waals surface area contributed by atoms with Crippen molar-refractivity contribution in [3.05, 3.63) is 16.4 Å². The average molecular weight is 300 g/mol. The smallest absolute Gasteiger partial charge is 0.244 e. The molecule has 0 spiro atoms. The Bertz CT molecular complexity index is 501. The van der Waals surface area contributed by atoms with Gasteiger partial charge in [-0.15, -0.1) is 0 Å². The van der Waals surface area contributed by atoms with Gasteiger partial charge in [0.25, 0.3) is 0 Å². The lowest BCUT2D eigenvalue weighted by atomic mass is 10.1. The molecule has 1 saturated carbocycles. The molecule has 0 saturated heterocycles. The molecule has 2 atom stereocenters. The molecular formula is C14H22ClN3O2. The van der Waals surface area contributed by atoms with E-state index >= 15 is 0 Å². The van der Waals surface area contributed by atoms with Crippen LogP contribution < -0.4 is 0 Å². The van der Waals surface area contributed by atoms with Crippen molar-refractivity contribution in [2.45, 2.75) is 45.8 Å². The second-order valence-corrected chi connectivity index (χ2v) is 6.05. The summed E-state index contributed by atoms with van der Waals surface area (Å²) >= 11 is 6.08. The molecule has 5 nitrogen and oxygen atoms in total. The van der Waals surface area contributed by atoms with Crippen molar-refractivity contribution in [3.63, 3.8) is 0 Å². The lowest BCUT2D eigenvalue weighted by molar-refractivity contribution is -0.131. The molecule has 0 aromatic carbocycles. The highest BCUT2D eigenvalue weighted by Crippen LogP contribution is 2.26. The topological polar surface area (TPSA) is 58.4 Å². The number of rotatable bonds is 4. The van der Waals surface area contributed by atoms with Crippen LogP contribution in [-0.4, -0.2) is 45.4 Å². The molecule has 1 amide bonds. The van der Waals surface area contributed by atoms with Gasteiger partial charge in [0.05, 0.1) is 22.5 Å². The lowest BCUT2D eigenvalue weighted by Crippen LogP contribution is -2.36. The van der Waals surface area contributed by atoms with E-state index in [2.05, 4.69) is 5.10 Å². The van der Waals surface area contributed by atoms with Crippen molar-refractivity contribution >= 4 is 17.5 Å². The highest BCUT2D eigenvalue weighted by molar-refractivity contribution is 6.31. The molecule has 20 heavy (non-hydrogen) atoms. The number of carbonyl (C=O) groups excluding carboxylic acids is 1. The minimum absolute atomic E-state index is 0.00799. The number of carbonyl (C=O) groups is 1. The van der Waals surface area contributed by atoms with Crippen LogP contribution in [0.1, 0.15) is 30.7 Å². The Labute approximate surface area is 124 Å². The van der Waals surface area contributed by atoms with Gasteiger partial charge in [-0.25, -0.2) is 0 Å². The maximum absolute atomic E-state index is 12.2. The molecule has 1 heterocycles. The van der Waals surface area contributed by atoms with E-state index in [0.29, 0.717) is 11.6 Å². The van der Waals surface area contributed by atoms with Crippen LogP contribution >= 0.6 is 11.6 Å². The van der Waals surface area contributed by atoms with E-state index < -0.39 is 0 Å². The number of halogens is 1. The molecule has 6 heteroatoms. The van der Waals surface area contributed by atoms with E-state index in [-0.39, 0.29) is 24.5 Å². The van der Waals surface area contributed by atoms with E-state index in [4.69, 9.17) is 11.6 Å². The van der Waals surface area contributed by atoms with Crippen molar-refractivity contribution in [1.82, 2.24) is 14.7 Å². The van der Waals surface area contributed by atoms with Gasteiger partial charge in [-0.05, 0) is 26.7 Å². The molecule has 1 aliphatic carbocycles. The number of amides is 1. The fourth-order valence-electron chi connectivity index (χ4n) is 2.76. The number of aryl methyl sites for hydroxylation is 1. The second-order valence-electron chi connectivity index (χ2n) is 5.68. The molecular weight excluding hydrogens is 278 g/mol. The lowest BCUT2D eigenvalue weighted by Gasteiger charge is -2.23. The molecule has 1 fully saturated rings. The normalized spacial score (nSPS) is 22.2. The number of hydrogen-bond acceptors (Lipinski definition) is 3. The van der Waals surface area contributed by atoms with Gasteiger partial charge >= 0.3 is 0 Å². The van der Waals surface area contributed by atoms with Crippen LogP contribution in [0.4, 0.5) is 0 Å². The van der Waals surface area contributed by atoms with Gasteiger partial charge in [0.1, 0.15) is 6.54 Å². The van der Waals surface area contributed by atoms with E-state index in [1.165, 1.54) is 0 Å². The third-order valence-corrected chi connectivity index (χ3v) is 4.68. The summed E-state index contributed by atoms with van der Waals surface area (Å²) in [6.45, 7) is 4.48. The van der Waals surface area contributed by atoms with E-state index in [1.54, 1.807) is 16.6 Å². The SMILES string of the molecule is Cc1nn(CC(=O)N(C)CC2CCCC2O)c(C)c1Cl. The third kappa shape index (κ3) is 3.15. The highest BCUT2D eigenvalue weighted by Gasteiger charge is 2.27. The Balaban J connectivity index is 1.95. The van der Waals surface area contributed by atoms with Gasteiger partial charge in [0.2, 0.25) is 5.91 Å². The number of nitrogens with zero attached hydrogens (tertiary/aromatic N) is 3. The Hall–Kier alpha value is -1.07. The summed E-state index contributed by atoms with van der Waals surface area (Å²) in [7, 11) is 1.78. The Morgan fingerprint density at radius 1 is 1.50 bits per heavy atom. The average Bonchev–Trinajstić information content (AvgIpc) is 2.90. The minimum Gasteiger partial charge on any atom is -0.393 e. The Morgan fingerprint density at radius 2 is 2.20 bits per heavy atom. The number of aliphatic hydroxyl groups excluding tert-OH is 1. The van der Waals surface area contributed by atoms with E-state index in [1.807, 2.05) is 13.8 Å². The zero-order valence-electron chi connectivity index (χ0n) is 12.3. The Kier molecular flexibility index (Phi) is 4.70. The van der Waals surface area contributed by atoms with Gasteiger partial charge in [0.15, 0.2) is 0 Å². The first kappa shape index (κ1) is 15.3. The molecule has 1 N–H and O–H groups in total. The van der Waals surface area contributed by atoms with Crippen molar-refractivity contribution in [2.24, 2.45) is 5.92 Å². The summed E-state index contributed by atoms with van der Waals surface area (Å²) in [6.07, 6.45) is 2.61. The molecule has 1 aromatic heterocycles. The maximum atomic E-state index is 12.2. The molecule has 1 aromatic rings. The number of aliphatic hydroxyl groups is 1. The van der Waals surface area contributed by atoms with Gasteiger partial charge in [-0.3, -0.25) is 9.48 Å². The maximum Gasteiger partial charge on any atom is 0.244 e. The summed E-state index contributed by atoms with van der Waals surface area (Å²) in [5.41, 5.74) is 1.55. The highest BCUT2D eigenvalue weighted by atomic mass is 35.5. The van der Waals surface area contributed by atoms with Crippen molar-refractivity contribution < 1.29 is 9.90 Å². The van der Waals surface area contributed by atoms with Gasteiger partial charge < -0.3 is 10.0 Å². The quantitative estimate of drug-likeness (QED) is 0.922. The zero-order chi connectivity index (χ0) is 14.9. The van der Waals surface area contributed by atoms with Crippen LogP contribution in [0.3, 0.4) is 0 Å². The van der Waals surface area contributed by atoms with Crippen LogP contribution in [0.2, 0.25) is 5.02 Å². The summed E-state index contributed by atoms with van der Waals surface area (Å²) in [4.78, 5) is 13.9. The van der Waals surface area contributed by atoms with E-state index in [0.717, 1.165) is 30.7 Å². The fourth-order valence-corrected chi connectivity index (χ4v) is 2.90. The first-order chi connectivity index (χ1) is 9.40. The molecule has 1 aliphatic rings. The van der Waals surface area contributed by atoms with Crippen LogP contribution in [0.15, 0.2) is 0 Å². The van der Waals surface area contributed by atoms with Gasteiger partial charge in [-0.1, -0.05) is 18.0 Å². The summed E-state index contributed by atoms with van der Waals surface area (Å²) in [5, 5.41) is 14.7. The van der Waals surface area contributed by atoms with Crippen LogP contribution in [0, 0.1) is 19.8 Å². The zero-order valence-corrected chi connectivity index (χ0v) is 13.0. The van der Waals surface area contributed by atoms with Gasteiger partial charge in [-0.2, -0.15) is 5.10 Å². The minimum atomic E-state index is -0.270. The first-order valence-corrected chi connectivity index (χ1v) is 7.39. The summed E-state index contributed by atoms with van der Waals surface area (Å²) in [6, 6.07) is 0. The summed E-state index contributed by atoms with van der Waals surface area (Å²) < 4.78 is 1.64. The predicted octanol–water partition coefficient (Wildman–Crippen LogP) is 1.77. The molecule has 0 radical (unpaired) electrons. The van der Waals surface area contributed by atoms with Crippen molar-refractivity contribution in [2.75, 3.05) is 13.6 Å². The van der Waals surface area contributed by atoms with E-state index in [9.17, 15) is 9.90 Å². The second kappa shape index (κ2) is 6.14. The Morgan fingerprint density at radius 3 is 2.70 bits per heavy atom. The standard InChI is InChI=1S/C14H22ClN3O2/c1-9-14(15)10(2)18(16-9)8-13(20)17(3)7-11-5-4-6-12(11)19/h11-12,19H,4-8H2,1-3H3. The molecule has 0 bridgehead atoms. The summed E-state index contributed by atoms with van der Waals surface area (Å²) in [5.74, 6) is 0.194. The number of hydrogen-bond donors (Lipinski definition) is 1. The monoisotopic (exact) mass is 299 g/mol. The predicted molar refractivity (Wildman–Crippen MR) is 77.7 cm³/mol. The van der Waals surface area contributed by atoms with Gasteiger partial charge in [0, 0.05) is 19.5 Å². The number of likely N-dealkylation sites (N-methyl/N-ethyl adjacent to an activating group) is 1. The van der Waals surface area contributed by atoms with Crippen LogP contribution in [0.5, 0.6) is 0 Å². The largest absolute Gasteiger partial charge is 0.393 e. The van der Waals surface area contributed by atoms with Crippen LogP contribution in [-0.2, 0) is 11.3 Å². The third-order valence-electron chi connectivity index (χ3n) is 4.13. The van der Waals surface area contributed by atoms with Crippen LogP contribution in [0.25, 0.3) is 0 Å². The molecule has 2 rings (SSSR count). The number of aromatic nitrogens is 2. The fraction of sp³-hybridized carbons (Fsp3) is 0.714.